The normalized spacial score (nSPS) is 24.4. The summed E-state index contributed by atoms with van der Waals surface area (Å²) in [6.45, 7) is 4.41. The molecule has 1 aromatic carbocycles. The highest BCUT2D eigenvalue weighted by molar-refractivity contribution is 7.18. The second kappa shape index (κ2) is 4.30. The van der Waals surface area contributed by atoms with Crippen LogP contribution in [0.2, 0.25) is 0 Å². The molecule has 2 aromatic rings. The first-order valence-corrected chi connectivity index (χ1v) is 7.18. The van der Waals surface area contributed by atoms with Gasteiger partial charge in [-0.15, -0.1) is 11.3 Å². The highest BCUT2D eigenvalue weighted by atomic mass is 32.1. The third-order valence-corrected chi connectivity index (χ3v) is 4.64. The smallest absolute Gasteiger partial charge is 0.0907 e. The Bertz CT molecular complexity index is 532. The van der Waals surface area contributed by atoms with E-state index in [-0.39, 0.29) is 0 Å². The summed E-state index contributed by atoms with van der Waals surface area (Å²) in [6.07, 6.45) is 4.03. The molecule has 3 rings (SSSR count). The number of aromatic nitrogens is 1. The van der Waals surface area contributed by atoms with Crippen molar-refractivity contribution in [3.63, 3.8) is 0 Å². The van der Waals surface area contributed by atoms with Crippen molar-refractivity contribution in [1.82, 2.24) is 4.98 Å². The molecule has 1 heterocycles. The zero-order valence-electron chi connectivity index (χ0n) is 10.4. The molecule has 2 nitrogen and oxygen atoms in total. The zero-order chi connectivity index (χ0) is 11.8. The van der Waals surface area contributed by atoms with E-state index < -0.39 is 0 Å². The molecular formula is C14H18N2S. The Morgan fingerprint density at radius 1 is 1.35 bits per heavy atom. The summed E-state index contributed by atoms with van der Waals surface area (Å²) in [7, 11) is 0. The standard InChI is InChI=1S/C14H18N2S/c1-9-4-3-5-12(9)16-11-6-7-13-14(8-11)17-10(2)15-13/h6-9,12,16H,3-5H2,1-2H3. The maximum atomic E-state index is 4.49. The van der Waals surface area contributed by atoms with Gasteiger partial charge in [-0.25, -0.2) is 4.98 Å². The number of anilines is 1. The van der Waals surface area contributed by atoms with Crippen molar-refractivity contribution >= 4 is 27.2 Å². The lowest BCUT2D eigenvalue weighted by Crippen LogP contribution is -2.21. The fourth-order valence-corrected chi connectivity index (χ4v) is 3.57. The summed E-state index contributed by atoms with van der Waals surface area (Å²) in [5, 5.41) is 4.82. The number of thiazole rings is 1. The number of nitrogens with one attached hydrogen (secondary N) is 1. The first-order chi connectivity index (χ1) is 8.22. The molecule has 0 radical (unpaired) electrons. The van der Waals surface area contributed by atoms with Crippen molar-refractivity contribution in [2.24, 2.45) is 5.92 Å². The first-order valence-electron chi connectivity index (χ1n) is 6.36. The van der Waals surface area contributed by atoms with E-state index in [4.69, 9.17) is 0 Å². The number of fused-ring (bicyclic) bond motifs is 1. The van der Waals surface area contributed by atoms with E-state index >= 15 is 0 Å². The number of benzene rings is 1. The molecule has 0 spiro atoms. The maximum absolute atomic E-state index is 4.49. The molecule has 17 heavy (non-hydrogen) atoms. The van der Waals surface area contributed by atoms with Gasteiger partial charge in [0.2, 0.25) is 0 Å². The predicted octanol–water partition coefficient (Wildman–Crippen LogP) is 4.21. The van der Waals surface area contributed by atoms with Gasteiger partial charge in [0.1, 0.15) is 0 Å². The Morgan fingerprint density at radius 3 is 3.00 bits per heavy atom. The van der Waals surface area contributed by atoms with Gasteiger partial charge >= 0.3 is 0 Å². The Kier molecular flexibility index (Phi) is 2.79. The Morgan fingerprint density at radius 2 is 2.24 bits per heavy atom. The molecule has 1 N–H and O–H groups in total. The monoisotopic (exact) mass is 246 g/mol. The van der Waals surface area contributed by atoms with Crippen LogP contribution in [0.25, 0.3) is 10.2 Å². The molecule has 0 bridgehead atoms. The highest BCUT2D eigenvalue weighted by Crippen LogP contribution is 2.30. The van der Waals surface area contributed by atoms with Crippen molar-refractivity contribution in [3.8, 4) is 0 Å². The number of hydrogen-bond donors (Lipinski definition) is 1. The number of nitrogens with zero attached hydrogens (tertiary/aromatic N) is 1. The molecule has 90 valence electrons. The van der Waals surface area contributed by atoms with Crippen molar-refractivity contribution in [1.29, 1.82) is 0 Å². The summed E-state index contributed by atoms with van der Waals surface area (Å²) in [4.78, 5) is 4.49. The van der Waals surface area contributed by atoms with Gasteiger partial charge in [-0.2, -0.15) is 0 Å². The van der Waals surface area contributed by atoms with Gasteiger partial charge < -0.3 is 5.32 Å². The lowest BCUT2D eigenvalue weighted by atomic mass is 10.1. The molecule has 1 saturated carbocycles. The SMILES string of the molecule is Cc1nc2ccc(NC3CCCC3C)cc2s1. The van der Waals surface area contributed by atoms with E-state index in [9.17, 15) is 0 Å². The van der Waals surface area contributed by atoms with Crippen LogP contribution in [0.5, 0.6) is 0 Å². The topological polar surface area (TPSA) is 24.9 Å². The Labute approximate surface area is 106 Å². The fourth-order valence-electron chi connectivity index (χ4n) is 2.70. The van der Waals surface area contributed by atoms with E-state index in [1.807, 2.05) is 0 Å². The molecule has 2 unspecified atom stereocenters. The van der Waals surface area contributed by atoms with Gasteiger partial charge in [-0.3, -0.25) is 0 Å². The van der Waals surface area contributed by atoms with Crippen LogP contribution in [-0.4, -0.2) is 11.0 Å². The molecule has 3 heteroatoms. The van der Waals surface area contributed by atoms with E-state index in [2.05, 4.69) is 42.3 Å². The minimum Gasteiger partial charge on any atom is -0.382 e. The van der Waals surface area contributed by atoms with Crippen molar-refractivity contribution in [2.75, 3.05) is 5.32 Å². The Balaban J connectivity index is 1.85. The molecule has 1 fully saturated rings. The van der Waals surface area contributed by atoms with Crippen LogP contribution in [-0.2, 0) is 0 Å². The fraction of sp³-hybridized carbons (Fsp3) is 0.500. The summed E-state index contributed by atoms with van der Waals surface area (Å²) in [6, 6.07) is 7.18. The van der Waals surface area contributed by atoms with Gasteiger partial charge in [0, 0.05) is 11.7 Å². The van der Waals surface area contributed by atoms with E-state index in [1.165, 1.54) is 29.6 Å². The maximum Gasteiger partial charge on any atom is 0.0907 e. The minimum atomic E-state index is 0.654. The van der Waals surface area contributed by atoms with Gasteiger partial charge in [0.05, 0.1) is 15.2 Å². The average Bonchev–Trinajstić information content (AvgIpc) is 2.84. The van der Waals surface area contributed by atoms with Crippen LogP contribution in [0, 0.1) is 12.8 Å². The van der Waals surface area contributed by atoms with Crippen LogP contribution < -0.4 is 5.32 Å². The third-order valence-electron chi connectivity index (χ3n) is 3.71. The van der Waals surface area contributed by atoms with E-state index in [1.54, 1.807) is 11.3 Å². The third kappa shape index (κ3) is 2.16. The molecular weight excluding hydrogens is 228 g/mol. The highest BCUT2D eigenvalue weighted by Gasteiger charge is 2.22. The zero-order valence-corrected chi connectivity index (χ0v) is 11.2. The summed E-state index contributed by atoms with van der Waals surface area (Å²) in [5.74, 6) is 0.800. The summed E-state index contributed by atoms with van der Waals surface area (Å²) >= 11 is 1.77. The second-order valence-electron chi connectivity index (χ2n) is 5.07. The number of rotatable bonds is 2. The molecule has 0 aliphatic heterocycles. The van der Waals surface area contributed by atoms with Gasteiger partial charge in [-0.1, -0.05) is 13.3 Å². The molecule has 2 atom stereocenters. The molecule has 1 aliphatic carbocycles. The Hall–Kier alpha value is -1.09. The van der Waals surface area contributed by atoms with Gasteiger partial charge in [0.25, 0.3) is 0 Å². The second-order valence-corrected chi connectivity index (χ2v) is 6.31. The largest absolute Gasteiger partial charge is 0.382 e. The first kappa shape index (κ1) is 11.0. The van der Waals surface area contributed by atoms with Crippen LogP contribution in [0.4, 0.5) is 5.69 Å². The predicted molar refractivity (Wildman–Crippen MR) is 74.8 cm³/mol. The van der Waals surface area contributed by atoms with Crippen LogP contribution in [0.1, 0.15) is 31.2 Å². The van der Waals surface area contributed by atoms with Gasteiger partial charge in [-0.05, 0) is 43.9 Å². The number of hydrogen-bond acceptors (Lipinski definition) is 3. The average molecular weight is 246 g/mol. The molecule has 1 aromatic heterocycles. The van der Waals surface area contributed by atoms with Crippen molar-refractivity contribution in [2.45, 2.75) is 39.2 Å². The van der Waals surface area contributed by atoms with Crippen molar-refractivity contribution in [3.05, 3.63) is 23.2 Å². The quantitative estimate of drug-likeness (QED) is 0.858. The molecule has 0 saturated heterocycles. The molecule has 1 aliphatic rings. The van der Waals surface area contributed by atoms with Crippen LogP contribution in [0.15, 0.2) is 18.2 Å². The van der Waals surface area contributed by atoms with Crippen LogP contribution in [0.3, 0.4) is 0 Å². The van der Waals surface area contributed by atoms with E-state index in [0.717, 1.165) is 16.4 Å². The van der Waals surface area contributed by atoms with Crippen molar-refractivity contribution < 1.29 is 0 Å². The number of aryl methyl sites for hydroxylation is 1. The lowest BCUT2D eigenvalue weighted by molar-refractivity contribution is 0.556. The van der Waals surface area contributed by atoms with Gasteiger partial charge in [0.15, 0.2) is 0 Å². The van der Waals surface area contributed by atoms with E-state index in [0.29, 0.717) is 6.04 Å². The minimum absolute atomic E-state index is 0.654. The lowest BCUT2D eigenvalue weighted by Gasteiger charge is -2.18. The summed E-state index contributed by atoms with van der Waals surface area (Å²) < 4.78 is 1.29. The summed E-state index contributed by atoms with van der Waals surface area (Å²) in [5.41, 5.74) is 2.37. The van der Waals surface area contributed by atoms with Crippen LogP contribution >= 0.6 is 11.3 Å². The molecule has 0 amide bonds.